The molecule has 16 heavy (non-hydrogen) atoms. The van der Waals surface area contributed by atoms with Crippen LogP contribution in [0.25, 0.3) is 0 Å². The molecule has 5 heteroatoms. The lowest BCUT2D eigenvalue weighted by Crippen LogP contribution is -2.34. The standard InChI is InChI=1S/C11H16BrN3O/c1-4-15(5-2)11(16)14-10-8(3)6-9(12)7-13-10/h6-7H,4-5H2,1-3H3,(H,13,14,16). The molecule has 0 radical (unpaired) electrons. The Labute approximate surface area is 104 Å². The minimum absolute atomic E-state index is 0.108. The first-order chi connectivity index (χ1) is 7.58. The summed E-state index contributed by atoms with van der Waals surface area (Å²) in [4.78, 5) is 17.6. The molecule has 4 nitrogen and oxygen atoms in total. The van der Waals surface area contributed by atoms with Crippen LogP contribution >= 0.6 is 15.9 Å². The number of urea groups is 1. The molecule has 2 amide bonds. The molecule has 0 bridgehead atoms. The maximum absolute atomic E-state index is 11.8. The van der Waals surface area contributed by atoms with Gasteiger partial charge in [0.1, 0.15) is 5.82 Å². The van der Waals surface area contributed by atoms with E-state index in [1.807, 2.05) is 26.8 Å². The van der Waals surface area contributed by atoms with Gasteiger partial charge in [0.2, 0.25) is 0 Å². The van der Waals surface area contributed by atoms with E-state index in [9.17, 15) is 4.79 Å². The van der Waals surface area contributed by atoms with Crippen molar-refractivity contribution < 1.29 is 4.79 Å². The number of nitrogens with one attached hydrogen (secondary N) is 1. The number of carbonyl (C=O) groups is 1. The first-order valence-electron chi connectivity index (χ1n) is 5.26. The predicted octanol–water partition coefficient (Wildman–Crippen LogP) is 3.03. The SMILES string of the molecule is CCN(CC)C(=O)Nc1ncc(Br)cc1C. The van der Waals surface area contributed by atoms with E-state index in [1.54, 1.807) is 11.1 Å². The smallest absolute Gasteiger partial charge is 0.322 e. The minimum Gasteiger partial charge on any atom is -0.325 e. The highest BCUT2D eigenvalue weighted by Crippen LogP contribution is 2.16. The highest BCUT2D eigenvalue weighted by atomic mass is 79.9. The van der Waals surface area contributed by atoms with Gasteiger partial charge in [0, 0.05) is 23.8 Å². The van der Waals surface area contributed by atoms with Crippen LogP contribution in [0.1, 0.15) is 19.4 Å². The topological polar surface area (TPSA) is 45.2 Å². The van der Waals surface area contributed by atoms with Gasteiger partial charge in [0.25, 0.3) is 0 Å². The van der Waals surface area contributed by atoms with Gasteiger partial charge in [0.05, 0.1) is 0 Å². The van der Waals surface area contributed by atoms with E-state index in [-0.39, 0.29) is 6.03 Å². The first-order valence-corrected chi connectivity index (χ1v) is 6.05. The number of hydrogen-bond donors (Lipinski definition) is 1. The minimum atomic E-state index is -0.108. The fourth-order valence-electron chi connectivity index (χ4n) is 1.36. The highest BCUT2D eigenvalue weighted by molar-refractivity contribution is 9.10. The number of halogens is 1. The normalized spacial score (nSPS) is 10.0. The summed E-state index contributed by atoms with van der Waals surface area (Å²) in [6, 6.07) is 1.81. The number of carbonyl (C=O) groups excluding carboxylic acids is 1. The molecule has 1 rings (SSSR count). The zero-order chi connectivity index (χ0) is 12.1. The summed E-state index contributed by atoms with van der Waals surface area (Å²) >= 11 is 3.33. The lowest BCUT2D eigenvalue weighted by molar-refractivity contribution is 0.217. The molecule has 0 aliphatic heterocycles. The van der Waals surface area contributed by atoms with Gasteiger partial charge in [-0.3, -0.25) is 5.32 Å². The molecular weight excluding hydrogens is 270 g/mol. The van der Waals surface area contributed by atoms with Gasteiger partial charge >= 0.3 is 6.03 Å². The maximum atomic E-state index is 11.8. The summed E-state index contributed by atoms with van der Waals surface area (Å²) in [6.07, 6.45) is 1.67. The van der Waals surface area contributed by atoms with Gasteiger partial charge in [0.15, 0.2) is 0 Å². The Kier molecular flexibility index (Phi) is 4.73. The molecule has 88 valence electrons. The molecule has 0 saturated carbocycles. The predicted molar refractivity (Wildman–Crippen MR) is 68.6 cm³/mol. The van der Waals surface area contributed by atoms with Crippen molar-refractivity contribution in [2.24, 2.45) is 0 Å². The summed E-state index contributed by atoms with van der Waals surface area (Å²) in [6.45, 7) is 7.20. The van der Waals surface area contributed by atoms with Crippen molar-refractivity contribution >= 4 is 27.8 Å². The van der Waals surface area contributed by atoms with Crippen LogP contribution in [0.2, 0.25) is 0 Å². The Morgan fingerprint density at radius 3 is 2.62 bits per heavy atom. The van der Waals surface area contributed by atoms with Crippen molar-refractivity contribution in [1.29, 1.82) is 0 Å². The maximum Gasteiger partial charge on any atom is 0.322 e. The summed E-state index contributed by atoms with van der Waals surface area (Å²) in [5.74, 6) is 0.611. The van der Waals surface area contributed by atoms with Crippen LogP contribution in [0.15, 0.2) is 16.7 Å². The quantitative estimate of drug-likeness (QED) is 0.928. The Bertz CT molecular complexity index is 377. The van der Waals surface area contributed by atoms with Crippen LogP contribution in [-0.2, 0) is 0 Å². The van der Waals surface area contributed by atoms with Gasteiger partial charge in [-0.1, -0.05) is 0 Å². The van der Waals surface area contributed by atoms with Gasteiger partial charge < -0.3 is 4.90 Å². The molecule has 0 unspecified atom stereocenters. The molecule has 1 aromatic heterocycles. The van der Waals surface area contributed by atoms with E-state index < -0.39 is 0 Å². The average Bonchev–Trinajstić information content (AvgIpc) is 2.24. The number of pyridine rings is 1. The fourth-order valence-corrected chi connectivity index (χ4v) is 1.81. The number of anilines is 1. The van der Waals surface area contributed by atoms with Crippen molar-refractivity contribution in [2.75, 3.05) is 18.4 Å². The zero-order valence-electron chi connectivity index (χ0n) is 9.75. The molecule has 0 aliphatic carbocycles. The van der Waals surface area contributed by atoms with E-state index in [0.29, 0.717) is 18.9 Å². The molecule has 0 saturated heterocycles. The summed E-state index contributed by atoms with van der Waals surface area (Å²) < 4.78 is 0.908. The second-order valence-corrected chi connectivity index (χ2v) is 4.34. The second-order valence-electron chi connectivity index (χ2n) is 3.42. The third-order valence-corrected chi connectivity index (χ3v) is 2.75. The van der Waals surface area contributed by atoms with Gasteiger partial charge in [-0.05, 0) is 48.3 Å². The van der Waals surface area contributed by atoms with Crippen molar-refractivity contribution in [2.45, 2.75) is 20.8 Å². The van der Waals surface area contributed by atoms with Crippen LogP contribution in [0.4, 0.5) is 10.6 Å². The van der Waals surface area contributed by atoms with E-state index >= 15 is 0 Å². The second kappa shape index (κ2) is 5.84. The molecule has 1 aromatic rings. The number of hydrogen-bond acceptors (Lipinski definition) is 2. The van der Waals surface area contributed by atoms with Crippen LogP contribution in [0.3, 0.4) is 0 Å². The van der Waals surface area contributed by atoms with Crippen molar-refractivity contribution in [3.8, 4) is 0 Å². The van der Waals surface area contributed by atoms with Crippen molar-refractivity contribution in [3.05, 3.63) is 22.3 Å². The molecule has 1 heterocycles. The van der Waals surface area contributed by atoms with Crippen LogP contribution in [-0.4, -0.2) is 29.0 Å². The van der Waals surface area contributed by atoms with Gasteiger partial charge in [-0.15, -0.1) is 0 Å². The number of nitrogens with zero attached hydrogens (tertiary/aromatic N) is 2. The Balaban J connectivity index is 2.76. The highest BCUT2D eigenvalue weighted by Gasteiger charge is 2.11. The zero-order valence-corrected chi connectivity index (χ0v) is 11.3. The van der Waals surface area contributed by atoms with Crippen LogP contribution < -0.4 is 5.32 Å². The molecule has 0 atom stereocenters. The monoisotopic (exact) mass is 285 g/mol. The molecule has 0 aromatic carbocycles. The largest absolute Gasteiger partial charge is 0.325 e. The van der Waals surface area contributed by atoms with E-state index in [2.05, 4.69) is 26.2 Å². The summed E-state index contributed by atoms with van der Waals surface area (Å²) in [5, 5.41) is 2.79. The Hall–Kier alpha value is -1.10. The van der Waals surface area contributed by atoms with Crippen LogP contribution in [0, 0.1) is 6.92 Å². The third-order valence-electron chi connectivity index (χ3n) is 2.32. The molecule has 0 aliphatic rings. The molecule has 1 N–H and O–H groups in total. The summed E-state index contributed by atoms with van der Waals surface area (Å²) in [7, 11) is 0. The molecule has 0 spiro atoms. The van der Waals surface area contributed by atoms with E-state index in [0.717, 1.165) is 10.0 Å². The number of rotatable bonds is 3. The van der Waals surface area contributed by atoms with E-state index in [4.69, 9.17) is 0 Å². The van der Waals surface area contributed by atoms with E-state index in [1.165, 1.54) is 0 Å². The number of aryl methyl sites for hydroxylation is 1. The first kappa shape index (κ1) is 13.0. The Morgan fingerprint density at radius 1 is 1.50 bits per heavy atom. The Morgan fingerprint density at radius 2 is 2.12 bits per heavy atom. The number of amides is 2. The van der Waals surface area contributed by atoms with Crippen molar-refractivity contribution in [1.82, 2.24) is 9.88 Å². The molecular formula is C11H16BrN3O. The van der Waals surface area contributed by atoms with Gasteiger partial charge in [-0.2, -0.15) is 0 Å². The number of aromatic nitrogens is 1. The van der Waals surface area contributed by atoms with Crippen LogP contribution in [0.5, 0.6) is 0 Å². The fraction of sp³-hybridized carbons (Fsp3) is 0.455. The summed E-state index contributed by atoms with van der Waals surface area (Å²) in [5.41, 5.74) is 0.940. The molecule has 0 fully saturated rings. The third kappa shape index (κ3) is 3.20. The average molecular weight is 286 g/mol. The van der Waals surface area contributed by atoms with Gasteiger partial charge in [-0.25, -0.2) is 9.78 Å². The lowest BCUT2D eigenvalue weighted by Gasteiger charge is -2.19. The van der Waals surface area contributed by atoms with Crippen molar-refractivity contribution in [3.63, 3.8) is 0 Å². The lowest BCUT2D eigenvalue weighted by atomic mass is 10.3.